The van der Waals surface area contributed by atoms with Crippen LogP contribution in [0, 0.1) is 6.92 Å². The molecule has 0 spiro atoms. The predicted octanol–water partition coefficient (Wildman–Crippen LogP) is 2.29. The van der Waals surface area contributed by atoms with Gasteiger partial charge in [0, 0.05) is 39.3 Å². The maximum absolute atomic E-state index is 12.7. The second kappa shape index (κ2) is 8.68. The number of anilines is 2. The van der Waals surface area contributed by atoms with E-state index in [4.69, 9.17) is 4.74 Å². The quantitative estimate of drug-likeness (QED) is 0.774. The number of rotatable bonds is 5. The number of carbonyl (C=O) groups is 1. The summed E-state index contributed by atoms with van der Waals surface area (Å²) in [6.45, 7) is 7.13. The van der Waals surface area contributed by atoms with E-state index in [1.54, 1.807) is 7.11 Å². The van der Waals surface area contributed by atoms with Crippen LogP contribution >= 0.6 is 0 Å². The normalized spacial score (nSPS) is 17.0. The Morgan fingerprint density at radius 1 is 0.931 bits per heavy atom. The Morgan fingerprint density at radius 3 is 2.10 bits per heavy atom. The van der Waals surface area contributed by atoms with E-state index in [9.17, 15) is 4.79 Å². The van der Waals surface area contributed by atoms with E-state index in [0.717, 1.165) is 54.7 Å². The second-order valence-corrected chi connectivity index (χ2v) is 7.79. The number of hydrogen-bond donors (Lipinski definition) is 0. The summed E-state index contributed by atoms with van der Waals surface area (Å²) in [5, 5.41) is 8.84. The zero-order valence-electron chi connectivity index (χ0n) is 17.3. The lowest BCUT2D eigenvalue weighted by Crippen LogP contribution is -2.49. The minimum absolute atomic E-state index is 0.171. The molecule has 0 bridgehead atoms. The van der Waals surface area contributed by atoms with E-state index < -0.39 is 0 Å². The van der Waals surface area contributed by atoms with Crippen molar-refractivity contribution >= 4 is 17.5 Å². The number of amides is 1. The van der Waals surface area contributed by atoms with Gasteiger partial charge in [-0.3, -0.25) is 4.79 Å². The molecule has 0 aliphatic carbocycles. The minimum Gasteiger partial charge on any atom is -0.496 e. The Hall–Kier alpha value is -2.83. The van der Waals surface area contributed by atoms with Crippen molar-refractivity contribution in [2.75, 3.05) is 56.2 Å². The van der Waals surface area contributed by atoms with Crippen LogP contribution in [0.15, 0.2) is 30.3 Å². The van der Waals surface area contributed by atoms with E-state index in [-0.39, 0.29) is 5.91 Å². The molecular formula is C22H29N5O2. The molecule has 1 amide bonds. The number of carbonyl (C=O) groups excluding carboxylic acids is 1. The van der Waals surface area contributed by atoms with Gasteiger partial charge in [-0.1, -0.05) is 12.1 Å². The summed E-state index contributed by atoms with van der Waals surface area (Å²) in [6, 6.07) is 10.1. The molecule has 7 nitrogen and oxygen atoms in total. The van der Waals surface area contributed by atoms with Gasteiger partial charge in [0.25, 0.3) is 0 Å². The molecule has 2 aromatic rings. The van der Waals surface area contributed by atoms with Crippen molar-refractivity contribution in [2.45, 2.75) is 26.2 Å². The highest BCUT2D eigenvalue weighted by Crippen LogP contribution is 2.21. The molecule has 3 heterocycles. The summed E-state index contributed by atoms with van der Waals surface area (Å²) in [4.78, 5) is 19.2. The van der Waals surface area contributed by atoms with Crippen LogP contribution in [0.2, 0.25) is 0 Å². The molecule has 154 valence electrons. The van der Waals surface area contributed by atoms with Gasteiger partial charge in [-0.2, -0.15) is 0 Å². The minimum atomic E-state index is 0.171. The Bertz CT molecular complexity index is 841. The van der Waals surface area contributed by atoms with Crippen molar-refractivity contribution in [1.82, 2.24) is 15.1 Å². The maximum atomic E-state index is 12.7. The average molecular weight is 396 g/mol. The number of methoxy groups -OCH3 is 1. The van der Waals surface area contributed by atoms with Gasteiger partial charge >= 0.3 is 0 Å². The summed E-state index contributed by atoms with van der Waals surface area (Å²) in [7, 11) is 1.66. The first-order valence-electron chi connectivity index (χ1n) is 10.4. The van der Waals surface area contributed by atoms with Gasteiger partial charge in [0.15, 0.2) is 11.6 Å². The first kappa shape index (κ1) is 19.5. The molecule has 0 atom stereocenters. The molecule has 0 saturated carbocycles. The molecule has 0 N–H and O–H groups in total. The molecule has 7 heteroatoms. The van der Waals surface area contributed by atoms with Crippen LogP contribution in [-0.2, 0) is 11.2 Å². The largest absolute Gasteiger partial charge is 0.496 e. The van der Waals surface area contributed by atoms with Crippen LogP contribution in [0.4, 0.5) is 11.6 Å². The van der Waals surface area contributed by atoms with Gasteiger partial charge in [-0.05, 0) is 49.1 Å². The van der Waals surface area contributed by atoms with Crippen LogP contribution in [0.1, 0.15) is 24.0 Å². The number of piperazine rings is 1. The lowest BCUT2D eigenvalue weighted by molar-refractivity contribution is -0.130. The smallest absolute Gasteiger partial charge is 0.227 e. The summed E-state index contributed by atoms with van der Waals surface area (Å²) in [6.07, 6.45) is 2.89. The fourth-order valence-corrected chi connectivity index (χ4v) is 4.12. The Balaban J connectivity index is 1.30. The highest BCUT2D eigenvalue weighted by Gasteiger charge is 2.23. The summed E-state index contributed by atoms with van der Waals surface area (Å²) in [5.41, 5.74) is 2.08. The summed E-state index contributed by atoms with van der Waals surface area (Å²) in [5.74, 6) is 2.89. The standard InChI is InChI=1S/C22H29N5O2/c1-17-15-18(5-6-19(17)29-2)16-22(28)27-13-11-26(12-14-27)21-8-7-20(23-24-21)25-9-3-4-10-25/h5-8,15H,3-4,9-14,16H2,1-2H3. The molecule has 0 unspecified atom stereocenters. The SMILES string of the molecule is COc1ccc(CC(=O)N2CCN(c3ccc(N4CCCC4)nn3)CC2)cc1C. The fourth-order valence-electron chi connectivity index (χ4n) is 4.12. The average Bonchev–Trinajstić information content (AvgIpc) is 3.29. The van der Waals surface area contributed by atoms with Crippen LogP contribution < -0.4 is 14.5 Å². The van der Waals surface area contributed by atoms with Crippen LogP contribution in [0.5, 0.6) is 5.75 Å². The number of aromatic nitrogens is 2. The second-order valence-electron chi connectivity index (χ2n) is 7.79. The molecule has 2 aliphatic heterocycles. The third-order valence-electron chi connectivity index (χ3n) is 5.84. The molecule has 4 rings (SSSR count). The predicted molar refractivity (Wildman–Crippen MR) is 114 cm³/mol. The van der Waals surface area contributed by atoms with Gasteiger partial charge in [0.2, 0.25) is 5.91 Å². The first-order valence-corrected chi connectivity index (χ1v) is 10.4. The van der Waals surface area contributed by atoms with E-state index in [1.165, 1.54) is 12.8 Å². The van der Waals surface area contributed by atoms with Crippen molar-refractivity contribution in [3.63, 3.8) is 0 Å². The van der Waals surface area contributed by atoms with E-state index in [2.05, 4.69) is 32.1 Å². The highest BCUT2D eigenvalue weighted by atomic mass is 16.5. The first-order chi connectivity index (χ1) is 14.1. The van der Waals surface area contributed by atoms with Gasteiger partial charge in [-0.15, -0.1) is 10.2 Å². The molecule has 29 heavy (non-hydrogen) atoms. The van der Waals surface area contributed by atoms with Crippen LogP contribution in [0.3, 0.4) is 0 Å². The van der Waals surface area contributed by atoms with Crippen molar-refractivity contribution in [2.24, 2.45) is 0 Å². The Labute approximate surface area is 172 Å². The zero-order chi connectivity index (χ0) is 20.2. The lowest BCUT2D eigenvalue weighted by Gasteiger charge is -2.35. The van der Waals surface area contributed by atoms with Crippen molar-refractivity contribution in [3.8, 4) is 5.75 Å². The number of ether oxygens (including phenoxy) is 1. The van der Waals surface area contributed by atoms with Crippen LogP contribution in [-0.4, -0.2) is 67.4 Å². The number of benzene rings is 1. The molecule has 0 radical (unpaired) electrons. The third-order valence-corrected chi connectivity index (χ3v) is 5.84. The molecule has 2 saturated heterocycles. The van der Waals surface area contributed by atoms with Crippen molar-refractivity contribution < 1.29 is 9.53 Å². The van der Waals surface area contributed by atoms with Gasteiger partial charge in [0.1, 0.15) is 5.75 Å². The van der Waals surface area contributed by atoms with Crippen molar-refractivity contribution in [1.29, 1.82) is 0 Å². The van der Waals surface area contributed by atoms with Crippen LogP contribution in [0.25, 0.3) is 0 Å². The number of aryl methyl sites for hydroxylation is 1. The molecule has 2 fully saturated rings. The Kier molecular flexibility index (Phi) is 5.83. The number of hydrogen-bond acceptors (Lipinski definition) is 6. The number of nitrogens with zero attached hydrogens (tertiary/aromatic N) is 5. The molecule has 1 aromatic carbocycles. The molecule has 1 aromatic heterocycles. The topological polar surface area (TPSA) is 61.8 Å². The van der Waals surface area contributed by atoms with E-state index in [0.29, 0.717) is 19.5 Å². The summed E-state index contributed by atoms with van der Waals surface area (Å²) < 4.78 is 5.30. The third kappa shape index (κ3) is 4.44. The lowest BCUT2D eigenvalue weighted by atomic mass is 10.1. The van der Waals surface area contributed by atoms with E-state index in [1.807, 2.05) is 30.0 Å². The monoisotopic (exact) mass is 395 g/mol. The van der Waals surface area contributed by atoms with E-state index >= 15 is 0 Å². The fraction of sp³-hybridized carbons (Fsp3) is 0.500. The molecule has 2 aliphatic rings. The van der Waals surface area contributed by atoms with Gasteiger partial charge < -0.3 is 19.4 Å². The molecular weight excluding hydrogens is 366 g/mol. The highest BCUT2D eigenvalue weighted by molar-refractivity contribution is 5.79. The van der Waals surface area contributed by atoms with Gasteiger partial charge in [0.05, 0.1) is 13.5 Å². The van der Waals surface area contributed by atoms with Crippen molar-refractivity contribution in [3.05, 3.63) is 41.5 Å². The maximum Gasteiger partial charge on any atom is 0.227 e. The Morgan fingerprint density at radius 2 is 1.55 bits per heavy atom. The summed E-state index contributed by atoms with van der Waals surface area (Å²) >= 11 is 0. The van der Waals surface area contributed by atoms with Gasteiger partial charge in [-0.25, -0.2) is 0 Å². The zero-order valence-corrected chi connectivity index (χ0v) is 17.3.